The van der Waals surface area contributed by atoms with Crippen molar-refractivity contribution in [3.8, 4) is 0 Å². The van der Waals surface area contributed by atoms with Crippen LogP contribution in [0, 0.1) is 5.92 Å². The van der Waals surface area contributed by atoms with Gasteiger partial charge in [0.15, 0.2) is 0 Å². The molecule has 7 heteroatoms. The summed E-state index contributed by atoms with van der Waals surface area (Å²) in [5.74, 6) is 0.482. The zero-order chi connectivity index (χ0) is 16.0. The molecule has 22 heavy (non-hydrogen) atoms. The summed E-state index contributed by atoms with van der Waals surface area (Å²) in [6.07, 6.45) is 0.990. The Morgan fingerprint density at radius 3 is 2.55 bits per heavy atom. The molecule has 1 aromatic carbocycles. The predicted molar refractivity (Wildman–Crippen MR) is 85.6 cm³/mol. The van der Waals surface area contributed by atoms with Crippen LogP contribution in [-0.4, -0.2) is 63.6 Å². The number of ether oxygens (including phenoxy) is 1. The van der Waals surface area contributed by atoms with Crippen molar-refractivity contribution in [2.24, 2.45) is 5.92 Å². The van der Waals surface area contributed by atoms with E-state index < -0.39 is 10.0 Å². The molecule has 2 saturated heterocycles. The van der Waals surface area contributed by atoms with Crippen molar-refractivity contribution in [1.82, 2.24) is 9.21 Å². The number of hydrogen-bond acceptors (Lipinski definition) is 4. The molecule has 0 bridgehead atoms. The van der Waals surface area contributed by atoms with Crippen molar-refractivity contribution in [3.63, 3.8) is 0 Å². The first-order valence-electron chi connectivity index (χ1n) is 7.33. The molecule has 0 amide bonds. The van der Waals surface area contributed by atoms with Gasteiger partial charge >= 0.3 is 0 Å². The topological polar surface area (TPSA) is 49.9 Å². The molecule has 1 spiro atoms. The van der Waals surface area contributed by atoms with Crippen LogP contribution >= 0.6 is 11.6 Å². The number of benzene rings is 1. The normalized spacial score (nSPS) is 25.5. The number of halogens is 1. The first kappa shape index (κ1) is 16.2. The minimum atomic E-state index is -3.42. The van der Waals surface area contributed by atoms with Crippen LogP contribution in [0.1, 0.15) is 6.42 Å². The molecule has 3 rings (SSSR count). The molecule has 2 heterocycles. The average molecular weight is 345 g/mol. The third-order valence-electron chi connectivity index (χ3n) is 4.81. The molecule has 0 radical (unpaired) electrons. The Kier molecular flexibility index (Phi) is 4.24. The number of rotatable bonds is 4. The fourth-order valence-corrected chi connectivity index (χ4v) is 5.32. The van der Waals surface area contributed by atoms with Crippen LogP contribution in [0.4, 0.5) is 0 Å². The number of likely N-dealkylation sites (tertiary alicyclic amines) is 1. The maximum Gasteiger partial charge on any atom is 0.243 e. The molecule has 0 unspecified atom stereocenters. The SMILES string of the molecule is COC[C@@H]1CN(C)C2(C1)CN(S(=O)(=O)c1ccc(Cl)cc1)C2. The summed E-state index contributed by atoms with van der Waals surface area (Å²) in [4.78, 5) is 2.59. The molecule has 1 atom stereocenters. The highest BCUT2D eigenvalue weighted by Crippen LogP contribution is 2.41. The summed E-state index contributed by atoms with van der Waals surface area (Å²) in [5.41, 5.74) is -0.0251. The lowest BCUT2D eigenvalue weighted by molar-refractivity contribution is 0.0372. The predicted octanol–water partition coefficient (Wildman–Crippen LogP) is 1.68. The fourth-order valence-electron chi connectivity index (χ4n) is 3.59. The van der Waals surface area contributed by atoms with Crippen molar-refractivity contribution in [2.75, 3.05) is 40.4 Å². The van der Waals surface area contributed by atoms with Gasteiger partial charge in [-0.2, -0.15) is 4.31 Å². The largest absolute Gasteiger partial charge is 0.384 e. The zero-order valence-electron chi connectivity index (χ0n) is 12.8. The van der Waals surface area contributed by atoms with Gasteiger partial charge in [0, 0.05) is 37.3 Å². The highest BCUT2D eigenvalue weighted by molar-refractivity contribution is 7.89. The standard InChI is InChI=1S/C15H21ClN2O3S/c1-17-8-12(9-21-2)7-15(17)10-18(11-15)22(19,20)14-5-3-13(16)4-6-14/h3-6,12H,7-11H2,1-2H3/t12-/m0/s1. The van der Waals surface area contributed by atoms with Crippen molar-refractivity contribution < 1.29 is 13.2 Å². The third kappa shape index (κ3) is 2.67. The maximum atomic E-state index is 12.6. The molecule has 0 aromatic heterocycles. The van der Waals surface area contributed by atoms with Crippen LogP contribution in [0.2, 0.25) is 5.02 Å². The van der Waals surface area contributed by atoms with E-state index in [9.17, 15) is 8.42 Å². The summed E-state index contributed by atoms with van der Waals surface area (Å²) < 4.78 is 32.0. The second-order valence-corrected chi connectivity index (χ2v) is 8.73. The molecule has 5 nitrogen and oxygen atoms in total. The second-order valence-electron chi connectivity index (χ2n) is 6.36. The molecule has 0 aliphatic carbocycles. The molecule has 0 saturated carbocycles. The Labute approximate surface area is 136 Å². The number of likely N-dealkylation sites (N-methyl/N-ethyl adjacent to an activating group) is 1. The Morgan fingerprint density at radius 1 is 1.32 bits per heavy atom. The zero-order valence-corrected chi connectivity index (χ0v) is 14.4. The van der Waals surface area contributed by atoms with E-state index >= 15 is 0 Å². The van der Waals surface area contributed by atoms with E-state index in [1.807, 2.05) is 0 Å². The average Bonchev–Trinajstić information content (AvgIpc) is 2.75. The van der Waals surface area contributed by atoms with E-state index in [0.29, 0.717) is 28.9 Å². The van der Waals surface area contributed by atoms with E-state index in [4.69, 9.17) is 16.3 Å². The molecule has 122 valence electrons. The summed E-state index contributed by atoms with van der Waals surface area (Å²) in [6.45, 7) is 2.79. The summed E-state index contributed by atoms with van der Waals surface area (Å²) >= 11 is 5.83. The van der Waals surface area contributed by atoms with Gasteiger partial charge in [-0.1, -0.05) is 11.6 Å². The van der Waals surface area contributed by atoms with Gasteiger partial charge < -0.3 is 4.74 Å². The Balaban J connectivity index is 1.71. The lowest BCUT2D eigenvalue weighted by atomic mass is 9.87. The van der Waals surface area contributed by atoms with Gasteiger partial charge in [-0.05, 0) is 43.7 Å². The smallest absolute Gasteiger partial charge is 0.243 e. The van der Waals surface area contributed by atoms with Crippen LogP contribution < -0.4 is 0 Å². The number of nitrogens with zero attached hydrogens (tertiary/aromatic N) is 2. The van der Waals surface area contributed by atoms with Gasteiger partial charge in [-0.3, -0.25) is 4.90 Å². The summed E-state index contributed by atoms with van der Waals surface area (Å²) in [7, 11) is 0.364. The minimum Gasteiger partial charge on any atom is -0.384 e. The Bertz CT molecular complexity index is 641. The molecular formula is C15H21ClN2O3S. The van der Waals surface area contributed by atoms with E-state index in [0.717, 1.165) is 19.6 Å². The quantitative estimate of drug-likeness (QED) is 0.834. The van der Waals surface area contributed by atoms with E-state index in [-0.39, 0.29) is 5.54 Å². The number of sulfonamides is 1. The Morgan fingerprint density at radius 2 is 1.95 bits per heavy atom. The van der Waals surface area contributed by atoms with Gasteiger partial charge in [0.1, 0.15) is 0 Å². The van der Waals surface area contributed by atoms with E-state index in [1.54, 1.807) is 35.7 Å². The van der Waals surface area contributed by atoms with Gasteiger partial charge in [-0.15, -0.1) is 0 Å². The van der Waals surface area contributed by atoms with Crippen molar-refractivity contribution in [2.45, 2.75) is 16.9 Å². The molecule has 1 aromatic rings. The molecule has 2 aliphatic rings. The Hall–Kier alpha value is -0.660. The first-order valence-corrected chi connectivity index (χ1v) is 9.15. The van der Waals surface area contributed by atoms with Gasteiger partial charge in [0.2, 0.25) is 10.0 Å². The van der Waals surface area contributed by atoms with Crippen molar-refractivity contribution in [3.05, 3.63) is 29.3 Å². The van der Waals surface area contributed by atoms with E-state index in [2.05, 4.69) is 11.9 Å². The fraction of sp³-hybridized carbons (Fsp3) is 0.600. The number of methoxy groups -OCH3 is 1. The van der Waals surface area contributed by atoms with Crippen molar-refractivity contribution in [1.29, 1.82) is 0 Å². The molecule has 0 N–H and O–H groups in total. The van der Waals surface area contributed by atoms with Crippen LogP contribution in [0.3, 0.4) is 0 Å². The summed E-state index contributed by atoms with van der Waals surface area (Å²) in [6, 6.07) is 6.35. The lowest BCUT2D eigenvalue weighted by Gasteiger charge is -2.50. The minimum absolute atomic E-state index is 0.0251. The second kappa shape index (κ2) is 5.76. The third-order valence-corrected chi connectivity index (χ3v) is 6.86. The maximum absolute atomic E-state index is 12.6. The van der Waals surface area contributed by atoms with Gasteiger partial charge in [-0.25, -0.2) is 8.42 Å². The molecule has 2 aliphatic heterocycles. The monoisotopic (exact) mass is 344 g/mol. The van der Waals surface area contributed by atoms with Crippen molar-refractivity contribution >= 4 is 21.6 Å². The van der Waals surface area contributed by atoms with Crippen LogP contribution in [0.25, 0.3) is 0 Å². The van der Waals surface area contributed by atoms with Crippen LogP contribution in [0.5, 0.6) is 0 Å². The lowest BCUT2D eigenvalue weighted by Crippen LogP contribution is -2.67. The van der Waals surface area contributed by atoms with Gasteiger partial charge in [0.05, 0.1) is 11.5 Å². The van der Waals surface area contributed by atoms with Gasteiger partial charge in [0.25, 0.3) is 0 Å². The molecule has 2 fully saturated rings. The summed E-state index contributed by atoms with van der Waals surface area (Å²) in [5, 5.41) is 0.539. The van der Waals surface area contributed by atoms with E-state index in [1.165, 1.54) is 0 Å². The first-order chi connectivity index (χ1) is 10.4. The molecular weight excluding hydrogens is 324 g/mol. The highest BCUT2D eigenvalue weighted by atomic mass is 35.5. The van der Waals surface area contributed by atoms with Crippen LogP contribution in [0.15, 0.2) is 29.2 Å². The van der Waals surface area contributed by atoms with Crippen LogP contribution in [-0.2, 0) is 14.8 Å². The number of hydrogen-bond donors (Lipinski definition) is 0. The highest BCUT2D eigenvalue weighted by Gasteiger charge is 2.55.